The highest BCUT2D eigenvalue weighted by Gasteiger charge is 2.30. The van der Waals surface area contributed by atoms with Crippen molar-refractivity contribution >= 4 is 24.0 Å². The predicted octanol–water partition coefficient (Wildman–Crippen LogP) is 2.50. The number of imidazole rings is 1. The number of nitrogens with zero attached hydrogens (tertiary/aromatic N) is 2. The van der Waals surface area contributed by atoms with Crippen LogP contribution in [-0.2, 0) is 11.8 Å². The van der Waals surface area contributed by atoms with E-state index in [0.717, 1.165) is 12.1 Å². The Morgan fingerprint density at radius 3 is 2.50 bits per heavy atom. The molecule has 2 N–H and O–H groups in total. The fraction of sp³-hybridized carbons (Fsp3) is 0.154. The fourth-order valence-electron chi connectivity index (χ4n) is 1.68. The molecule has 0 atom stereocenters. The summed E-state index contributed by atoms with van der Waals surface area (Å²) >= 11 is 0. The Morgan fingerprint density at radius 1 is 1.25 bits per heavy atom. The number of hydrogen-bond donors (Lipinski definition) is 2. The first kappa shape index (κ1) is 17.1. The van der Waals surface area contributed by atoms with Crippen LogP contribution in [0.5, 0.6) is 11.8 Å². The van der Waals surface area contributed by atoms with E-state index >= 15 is 0 Å². The second-order valence-corrected chi connectivity index (χ2v) is 4.39. The maximum absolute atomic E-state index is 12.0. The van der Waals surface area contributed by atoms with Crippen molar-refractivity contribution in [3.8, 4) is 11.8 Å². The SMILES string of the molecule is Cn1cc(NC(=O)Nc2ccc(OC(F)(F)F)cc2)nc1OC=O. The maximum Gasteiger partial charge on any atom is 0.573 e. The molecule has 0 unspecified atom stereocenters. The molecule has 0 aliphatic carbocycles. The third-order valence-electron chi connectivity index (χ3n) is 2.57. The summed E-state index contributed by atoms with van der Waals surface area (Å²) in [5.41, 5.74) is 0.238. The Hall–Kier alpha value is -3.24. The Balaban J connectivity index is 1.94. The number of anilines is 2. The van der Waals surface area contributed by atoms with E-state index in [1.54, 1.807) is 7.05 Å². The minimum Gasteiger partial charge on any atom is -0.406 e. The number of alkyl halides is 3. The molecule has 1 aromatic heterocycles. The summed E-state index contributed by atoms with van der Waals surface area (Å²) in [5, 5.41) is 4.77. The van der Waals surface area contributed by atoms with Crippen molar-refractivity contribution in [1.82, 2.24) is 9.55 Å². The van der Waals surface area contributed by atoms with Gasteiger partial charge in [0.2, 0.25) is 0 Å². The lowest BCUT2D eigenvalue weighted by molar-refractivity contribution is -0.274. The van der Waals surface area contributed by atoms with Crippen LogP contribution in [0, 0.1) is 0 Å². The van der Waals surface area contributed by atoms with Crippen molar-refractivity contribution < 1.29 is 32.2 Å². The minimum atomic E-state index is -4.79. The standard InChI is InChI=1S/C13H11F3N4O4/c1-20-6-10(19-12(20)23-7-21)18-11(22)17-8-2-4-9(5-3-8)24-13(14,15)16/h2-7H,1H3,(H2,17,18,22). The molecule has 0 aliphatic rings. The molecule has 0 spiro atoms. The van der Waals surface area contributed by atoms with Crippen molar-refractivity contribution in [2.24, 2.45) is 7.05 Å². The number of carbonyl (C=O) groups excluding carboxylic acids is 2. The van der Waals surface area contributed by atoms with Gasteiger partial charge in [-0.25, -0.2) is 4.79 Å². The monoisotopic (exact) mass is 344 g/mol. The Morgan fingerprint density at radius 2 is 1.92 bits per heavy atom. The van der Waals surface area contributed by atoms with Gasteiger partial charge in [-0.2, -0.15) is 4.98 Å². The van der Waals surface area contributed by atoms with Crippen LogP contribution < -0.4 is 20.1 Å². The average Bonchev–Trinajstić information content (AvgIpc) is 2.80. The molecule has 0 saturated heterocycles. The van der Waals surface area contributed by atoms with E-state index in [9.17, 15) is 22.8 Å². The Bertz CT molecular complexity index is 728. The minimum absolute atomic E-state index is 0.0195. The summed E-state index contributed by atoms with van der Waals surface area (Å²) in [5.74, 6) is -0.294. The third-order valence-corrected chi connectivity index (χ3v) is 2.57. The quantitative estimate of drug-likeness (QED) is 0.813. The van der Waals surface area contributed by atoms with Crippen LogP contribution in [0.3, 0.4) is 0 Å². The molecule has 0 bridgehead atoms. The molecule has 128 valence electrons. The van der Waals surface area contributed by atoms with Crippen LogP contribution in [0.25, 0.3) is 0 Å². The topological polar surface area (TPSA) is 94.5 Å². The Kier molecular flexibility index (Phi) is 4.92. The van der Waals surface area contributed by atoms with E-state index < -0.39 is 18.1 Å². The summed E-state index contributed by atoms with van der Waals surface area (Å²) in [6, 6.07) is 3.88. The van der Waals surface area contributed by atoms with Crippen LogP contribution in [0.15, 0.2) is 30.5 Å². The fourth-order valence-corrected chi connectivity index (χ4v) is 1.68. The van der Waals surface area contributed by atoms with Crippen LogP contribution in [0.1, 0.15) is 0 Å². The first-order valence-corrected chi connectivity index (χ1v) is 6.34. The van der Waals surface area contributed by atoms with Gasteiger partial charge in [-0.15, -0.1) is 13.2 Å². The number of carbonyl (C=O) groups is 2. The number of halogens is 3. The van der Waals surface area contributed by atoms with E-state index in [1.807, 2.05) is 0 Å². The highest BCUT2D eigenvalue weighted by atomic mass is 19.4. The lowest BCUT2D eigenvalue weighted by atomic mass is 10.3. The molecule has 0 fully saturated rings. The van der Waals surface area contributed by atoms with Gasteiger partial charge in [0.25, 0.3) is 0 Å². The highest BCUT2D eigenvalue weighted by Crippen LogP contribution is 2.24. The first-order valence-electron chi connectivity index (χ1n) is 6.34. The molecule has 11 heteroatoms. The second kappa shape index (κ2) is 6.89. The summed E-state index contributed by atoms with van der Waals surface area (Å²) < 4.78 is 45.8. The van der Waals surface area contributed by atoms with Crippen LogP contribution in [0.4, 0.5) is 29.5 Å². The van der Waals surface area contributed by atoms with Crippen LogP contribution in [-0.4, -0.2) is 28.4 Å². The van der Waals surface area contributed by atoms with Gasteiger partial charge in [-0.1, -0.05) is 0 Å². The summed E-state index contributed by atoms with van der Waals surface area (Å²) in [6.07, 6.45) is -3.38. The van der Waals surface area contributed by atoms with E-state index in [0.29, 0.717) is 0 Å². The molecule has 2 aromatic rings. The van der Waals surface area contributed by atoms with Gasteiger partial charge in [0.1, 0.15) is 5.75 Å². The van der Waals surface area contributed by atoms with Gasteiger partial charge in [0, 0.05) is 12.7 Å². The summed E-state index contributed by atoms with van der Waals surface area (Å²) in [7, 11) is 1.55. The smallest absolute Gasteiger partial charge is 0.406 e. The van der Waals surface area contributed by atoms with E-state index in [2.05, 4.69) is 25.1 Å². The molecule has 2 rings (SSSR count). The molecular weight excluding hydrogens is 333 g/mol. The lowest BCUT2D eigenvalue weighted by Gasteiger charge is -2.10. The molecule has 0 saturated carbocycles. The first-order chi connectivity index (χ1) is 11.3. The zero-order valence-corrected chi connectivity index (χ0v) is 12.1. The molecular formula is C13H11F3N4O4. The van der Waals surface area contributed by atoms with Crippen molar-refractivity contribution in [1.29, 1.82) is 0 Å². The maximum atomic E-state index is 12.0. The highest BCUT2D eigenvalue weighted by molar-refractivity contribution is 5.99. The lowest BCUT2D eigenvalue weighted by Crippen LogP contribution is -2.20. The van der Waals surface area contributed by atoms with Gasteiger partial charge in [-0.3, -0.25) is 10.1 Å². The van der Waals surface area contributed by atoms with Crippen molar-refractivity contribution in [3.05, 3.63) is 30.5 Å². The van der Waals surface area contributed by atoms with Gasteiger partial charge in [-0.05, 0) is 24.3 Å². The Labute approximate surface area is 133 Å². The van der Waals surface area contributed by atoms with Crippen LogP contribution in [0.2, 0.25) is 0 Å². The van der Waals surface area contributed by atoms with E-state index in [-0.39, 0.29) is 24.0 Å². The van der Waals surface area contributed by atoms with Gasteiger partial charge < -0.3 is 19.4 Å². The van der Waals surface area contributed by atoms with Crippen molar-refractivity contribution in [3.63, 3.8) is 0 Å². The summed E-state index contributed by atoms with van der Waals surface area (Å²) in [4.78, 5) is 25.9. The number of aromatic nitrogens is 2. The van der Waals surface area contributed by atoms with Gasteiger partial charge in [0.15, 0.2) is 5.82 Å². The zero-order valence-electron chi connectivity index (χ0n) is 12.1. The average molecular weight is 344 g/mol. The van der Waals surface area contributed by atoms with E-state index in [1.165, 1.54) is 22.9 Å². The van der Waals surface area contributed by atoms with E-state index in [4.69, 9.17) is 0 Å². The van der Waals surface area contributed by atoms with Crippen molar-refractivity contribution in [2.45, 2.75) is 6.36 Å². The van der Waals surface area contributed by atoms with Gasteiger partial charge >= 0.3 is 24.9 Å². The number of amides is 2. The molecule has 8 nitrogen and oxygen atoms in total. The normalized spacial score (nSPS) is 10.8. The number of nitrogens with one attached hydrogen (secondary N) is 2. The molecule has 0 radical (unpaired) electrons. The second-order valence-electron chi connectivity index (χ2n) is 4.39. The summed E-state index contributed by atoms with van der Waals surface area (Å²) in [6.45, 7) is 0.191. The number of rotatable bonds is 5. The number of hydrogen-bond acceptors (Lipinski definition) is 5. The molecule has 0 aliphatic heterocycles. The number of benzene rings is 1. The largest absolute Gasteiger partial charge is 0.573 e. The zero-order chi connectivity index (χ0) is 17.7. The molecule has 1 heterocycles. The number of ether oxygens (including phenoxy) is 2. The molecule has 24 heavy (non-hydrogen) atoms. The third kappa shape index (κ3) is 4.90. The van der Waals surface area contributed by atoms with Gasteiger partial charge in [0.05, 0.1) is 6.20 Å². The van der Waals surface area contributed by atoms with Crippen molar-refractivity contribution in [2.75, 3.05) is 10.6 Å². The molecule has 1 aromatic carbocycles. The number of aryl methyl sites for hydroxylation is 1. The predicted molar refractivity (Wildman–Crippen MR) is 75.7 cm³/mol. The molecule has 2 amide bonds. The number of urea groups is 1. The van der Waals surface area contributed by atoms with Crippen LogP contribution >= 0.6 is 0 Å².